The molecule has 9 heteroatoms. The molecule has 0 fully saturated rings. The van der Waals surface area contributed by atoms with Crippen molar-refractivity contribution < 1.29 is 13.2 Å². The minimum atomic E-state index is -3.83. The lowest BCUT2D eigenvalue weighted by Crippen LogP contribution is -2.13. The summed E-state index contributed by atoms with van der Waals surface area (Å²) in [5, 5.41) is 9.94. The summed E-state index contributed by atoms with van der Waals surface area (Å²) in [5.41, 5.74) is 2.24. The van der Waals surface area contributed by atoms with E-state index in [4.69, 9.17) is 0 Å². The van der Waals surface area contributed by atoms with E-state index in [-0.39, 0.29) is 21.8 Å². The SMILES string of the molecule is CCC(=O)Nc1nnc(S(=O)(=O)Nc2cc(C)ccc2C)s1. The maximum absolute atomic E-state index is 12.3. The number of hydrogen-bond donors (Lipinski definition) is 2. The van der Waals surface area contributed by atoms with E-state index >= 15 is 0 Å². The van der Waals surface area contributed by atoms with Crippen molar-refractivity contribution in [2.75, 3.05) is 10.0 Å². The molecular formula is C13H16N4O3S2. The van der Waals surface area contributed by atoms with E-state index in [0.717, 1.165) is 22.5 Å². The first-order valence-corrected chi connectivity index (χ1v) is 8.85. The first-order chi connectivity index (χ1) is 10.3. The van der Waals surface area contributed by atoms with Crippen LogP contribution in [0.4, 0.5) is 10.8 Å². The van der Waals surface area contributed by atoms with Crippen molar-refractivity contribution in [2.45, 2.75) is 31.5 Å². The van der Waals surface area contributed by atoms with Gasteiger partial charge in [0.05, 0.1) is 5.69 Å². The standard InChI is InChI=1S/C13H16N4O3S2/c1-4-11(18)14-12-15-16-13(21-12)22(19,20)17-10-7-8(2)5-6-9(10)3/h5-7,17H,4H2,1-3H3,(H,14,15,18). The molecule has 0 saturated carbocycles. The number of nitrogens with one attached hydrogen (secondary N) is 2. The number of amides is 1. The average molecular weight is 340 g/mol. The summed E-state index contributed by atoms with van der Waals surface area (Å²) in [6.45, 7) is 5.38. The van der Waals surface area contributed by atoms with Gasteiger partial charge in [-0.3, -0.25) is 9.52 Å². The predicted molar refractivity (Wildman–Crippen MR) is 85.6 cm³/mol. The number of aromatic nitrogens is 2. The molecule has 2 rings (SSSR count). The third-order valence-electron chi connectivity index (χ3n) is 2.84. The van der Waals surface area contributed by atoms with Crippen molar-refractivity contribution in [2.24, 2.45) is 0 Å². The summed E-state index contributed by atoms with van der Waals surface area (Å²) in [4.78, 5) is 11.3. The van der Waals surface area contributed by atoms with Crippen molar-refractivity contribution >= 4 is 38.1 Å². The molecule has 1 aromatic carbocycles. The molecule has 7 nitrogen and oxygen atoms in total. The summed E-state index contributed by atoms with van der Waals surface area (Å²) in [5.74, 6) is -0.248. The first-order valence-electron chi connectivity index (χ1n) is 6.55. The second-order valence-electron chi connectivity index (χ2n) is 4.70. The number of rotatable bonds is 5. The van der Waals surface area contributed by atoms with Gasteiger partial charge in [-0.05, 0) is 31.0 Å². The molecular weight excluding hydrogens is 324 g/mol. The number of carbonyl (C=O) groups excluding carboxylic acids is 1. The van der Waals surface area contributed by atoms with Crippen LogP contribution in [0.5, 0.6) is 0 Å². The molecule has 0 atom stereocenters. The van der Waals surface area contributed by atoms with Gasteiger partial charge in [-0.25, -0.2) is 0 Å². The van der Waals surface area contributed by atoms with Crippen LogP contribution in [0.25, 0.3) is 0 Å². The summed E-state index contributed by atoms with van der Waals surface area (Å²) in [7, 11) is -3.83. The van der Waals surface area contributed by atoms with E-state index in [1.807, 2.05) is 26.0 Å². The molecule has 0 aliphatic carbocycles. The monoisotopic (exact) mass is 340 g/mol. The van der Waals surface area contributed by atoms with Gasteiger partial charge in [-0.2, -0.15) is 8.42 Å². The lowest BCUT2D eigenvalue weighted by Gasteiger charge is -2.09. The molecule has 118 valence electrons. The summed E-state index contributed by atoms with van der Waals surface area (Å²) >= 11 is 0.808. The highest BCUT2D eigenvalue weighted by molar-refractivity contribution is 7.94. The van der Waals surface area contributed by atoms with Crippen LogP contribution < -0.4 is 10.0 Å². The minimum Gasteiger partial charge on any atom is -0.301 e. The zero-order chi connectivity index (χ0) is 16.3. The Balaban J connectivity index is 2.23. The van der Waals surface area contributed by atoms with E-state index in [9.17, 15) is 13.2 Å². The van der Waals surface area contributed by atoms with Gasteiger partial charge >= 0.3 is 0 Å². The van der Waals surface area contributed by atoms with Crippen LogP contribution in [0.1, 0.15) is 24.5 Å². The molecule has 0 spiro atoms. The molecule has 1 heterocycles. The van der Waals surface area contributed by atoms with Gasteiger partial charge in [-0.1, -0.05) is 30.4 Å². The Hall–Kier alpha value is -2.00. The Labute approximate surface area is 132 Å². The van der Waals surface area contributed by atoms with Crippen LogP contribution in [0.2, 0.25) is 0 Å². The fourth-order valence-electron chi connectivity index (χ4n) is 1.61. The molecule has 0 unspecified atom stereocenters. The van der Waals surface area contributed by atoms with Crippen LogP contribution >= 0.6 is 11.3 Å². The number of carbonyl (C=O) groups is 1. The topological polar surface area (TPSA) is 101 Å². The molecule has 0 saturated heterocycles. The fraction of sp³-hybridized carbons (Fsp3) is 0.308. The van der Waals surface area contributed by atoms with Crippen LogP contribution in [0.15, 0.2) is 22.5 Å². The second kappa shape index (κ2) is 6.41. The largest absolute Gasteiger partial charge is 0.301 e. The van der Waals surface area contributed by atoms with Crippen molar-refractivity contribution in [1.82, 2.24) is 10.2 Å². The Bertz CT molecular complexity index is 799. The molecule has 0 radical (unpaired) electrons. The van der Waals surface area contributed by atoms with Gasteiger partial charge in [0.25, 0.3) is 14.4 Å². The number of aryl methyl sites for hydroxylation is 2. The van der Waals surface area contributed by atoms with Gasteiger partial charge in [0.2, 0.25) is 11.0 Å². The number of sulfonamides is 1. The van der Waals surface area contributed by atoms with Crippen LogP contribution in [0.3, 0.4) is 0 Å². The normalized spacial score (nSPS) is 11.2. The Morgan fingerprint density at radius 3 is 2.68 bits per heavy atom. The van der Waals surface area contributed by atoms with Gasteiger partial charge in [-0.15, -0.1) is 10.2 Å². The lowest BCUT2D eigenvalue weighted by atomic mass is 10.1. The average Bonchev–Trinajstić information content (AvgIpc) is 2.92. The Morgan fingerprint density at radius 2 is 2.00 bits per heavy atom. The maximum atomic E-state index is 12.3. The third-order valence-corrected chi connectivity index (χ3v) is 5.41. The maximum Gasteiger partial charge on any atom is 0.291 e. The second-order valence-corrected chi connectivity index (χ2v) is 7.53. The molecule has 0 aliphatic rings. The number of nitrogens with zero attached hydrogens (tertiary/aromatic N) is 2. The van der Waals surface area contributed by atoms with E-state index in [1.165, 1.54) is 0 Å². The predicted octanol–water partition coefficient (Wildman–Crippen LogP) is 2.30. The number of hydrogen-bond acceptors (Lipinski definition) is 6. The zero-order valence-corrected chi connectivity index (χ0v) is 14.0. The van der Waals surface area contributed by atoms with E-state index in [2.05, 4.69) is 20.2 Å². The highest BCUT2D eigenvalue weighted by Crippen LogP contribution is 2.24. The summed E-state index contributed by atoms with van der Waals surface area (Å²) in [6.07, 6.45) is 0.280. The van der Waals surface area contributed by atoms with Gasteiger partial charge in [0, 0.05) is 6.42 Å². The van der Waals surface area contributed by atoms with E-state index in [1.54, 1.807) is 13.0 Å². The van der Waals surface area contributed by atoms with Gasteiger partial charge < -0.3 is 5.32 Å². The fourth-order valence-corrected chi connectivity index (χ4v) is 3.65. The smallest absolute Gasteiger partial charge is 0.291 e. The molecule has 1 amide bonds. The van der Waals surface area contributed by atoms with Crippen LogP contribution in [-0.4, -0.2) is 24.5 Å². The lowest BCUT2D eigenvalue weighted by molar-refractivity contribution is -0.115. The van der Waals surface area contributed by atoms with Crippen molar-refractivity contribution in [3.05, 3.63) is 29.3 Å². The Kier molecular flexibility index (Phi) is 4.77. The molecule has 0 aliphatic heterocycles. The molecule has 1 aromatic heterocycles. The van der Waals surface area contributed by atoms with Crippen LogP contribution in [-0.2, 0) is 14.8 Å². The van der Waals surface area contributed by atoms with Crippen molar-refractivity contribution in [3.8, 4) is 0 Å². The highest BCUT2D eigenvalue weighted by Gasteiger charge is 2.21. The molecule has 0 bridgehead atoms. The third kappa shape index (κ3) is 3.80. The zero-order valence-electron chi connectivity index (χ0n) is 12.4. The summed E-state index contributed by atoms with van der Waals surface area (Å²) in [6, 6.07) is 5.48. The molecule has 22 heavy (non-hydrogen) atoms. The quantitative estimate of drug-likeness (QED) is 0.813. The van der Waals surface area contributed by atoms with Crippen molar-refractivity contribution in [3.63, 3.8) is 0 Å². The van der Waals surface area contributed by atoms with Gasteiger partial charge in [0.1, 0.15) is 0 Å². The highest BCUT2D eigenvalue weighted by atomic mass is 32.2. The van der Waals surface area contributed by atoms with Gasteiger partial charge in [0.15, 0.2) is 0 Å². The first kappa shape index (κ1) is 16.4. The van der Waals surface area contributed by atoms with Crippen LogP contribution in [0, 0.1) is 13.8 Å². The number of benzene rings is 1. The summed E-state index contributed by atoms with van der Waals surface area (Å²) < 4.78 is 26.9. The van der Waals surface area contributed by atoms with E-state index in [0.29, 0.717) is 5.69 Å². The molecule has 2 N–H and O–H groups in total. The minimum absolute atomic E-state index is 0.160. The Morgan fingerprint density at radius 1 is 1.27 bits per heavy atom. The van der Waals surface area contributed by atoms with Crippen molar-refractivity contribution in [1.29, 1.82) is 0 Å². The molecule has 2 aromatic rings. The number of anilines is 2. The van der Waals surface area contributed by atoms with E-state index < -0.39 is 10.0 Å².